The zero-order valence-electron chi connectivity index (χ0n) is 12.9. The fraction of sp³-hybridized carbons (Fsp3) is 0.647. The minimum absolute atomic E-state index is 0.0287. The van der Waals surface area contributed by atoms with E-state index in [-0.39, 0.29) is 17.3 Å². The first kappa shape index (κ1) is 16.3. The van der Waals surface area contributed by atoms with E-state index in [1.807, 2.05) is 7.05 Å². The molecule has 1 aromatic carbocycles. The van der Waals surface area contributed by atoms with Crippen LogP contribution in [-0.4, -0.2) is 13.6 Å². The van der Waals surface area contributed by atoms with E-state index in [2.05, 4.69) is 19.2 Å². The van der Waals surface area contributed by atoms with E-state index in [0.717, 1.165) is 25.8 Å². The molecule has 0 bridgehead atoms. The molecule has 0 aliphatic heterocycles. The lowest BCUT2D eigenvalue weighted by molar-refractivity contribution is -0.138. The van der Waals surface area contributed by atoms with Gasteiger partial charge in [0.05, 0.1) is 5.56 Å². The van der Waals surface area contributed by atoms with Crippen LogP contribution in [0.15, 0.2) is 24.3 Å². The maximum atomic E-state index is 13.3. The maximum absolute atomic E-state index is 13.3. The molecule has 1 fully saturated rings. The van der Waals surface area contributed by atoms with Gasteiger partial charge in [0, 0.05) is 0 Å². The first-order valence-corrected chi connectivity index (χ1v) is 7.55. The number of rotatable bonds is 3. The molecule has 1 N–H and O–H groups in total. The van der Waals surface area contributed by atoms with E-state index in [0.29, 0.717) is 5.56 Å². The van der Waals surface area contributed by atoms with Gasteiger partial charge in [-0.1, -0.05) is 32.0 Å². The van der Waals surface area contributed by atoms with E-state index in [1.165, 1.54) is 12.1 Å². The number of halogens is 3. The van der Waals surface area contributed by atoms with Crippen LogP contribution in [0.4, 0.5) is 13.2 Å². The predicted molar refractivity (Wildman–Crippen MR) is 79.2 cm³/mol. The number of nitrogens with one attached hydrogen (secondary N) is 1. The van der Waals surface area contributed by atoms with E-state index in [4.69, 9.17) is 0 Å². The molecule has 1 saturated carbocycles. The Balaban J connectivity index is 2.41. The highest BCUT2D eigenvalue weighted by Gasteiger charge is 2.40. The molecule has 2 atom stereocenters. The van der Waals surface area contributed by atoms with E-state index in [1.54, 1.807) is 12.1 Å². The summed E-state index contributed by atoms with van der Waals surface area (Å²) in [6, 6.07) is 6.08. The van der Waals surface area contributed by atoms with Crippen LogP contribution >= 0.6 is 0 Å². The lowest BCUT2D eigenvalue weighted by Gasteiger charge is -2.42. The van der Waals surface area contributed by atoms with Crippen molar-refractivity contribution in [3.8, 4) is 0 Å². The molecule has 2 unspecified atom stereocenters. The molecule has 1 aliphatic carbocycles. The van der Waals surface area contributed by atoms with Crippen LogP contribution in [0.25, 0.3) is 0 Å². The highest BCUT2D eigenvalue weighted by molar-refractivity contribution is 5.34. The Hall–Kier alpha value is -1.03. The molecule has 0 aromatic heterocycles. The average molecular weight is 299 g/mol. The molecule has 1 nitrogen and oxygen atoms in total. The van der Waals surface area contributed by atoms with Gasteiger partial charge in [-0.3, -0.25) is 0 Å². The third-order valence-corrected chi connectivity index (χ3v) is 4.67. The summed E-state index contributed by atoms with van der Waals surface area (Å²) in [5.74, 6) is 0.241. The van der Waals surface area contributed by atoms with Crippen LogP contribution in [0.1, 0.15) is 50.2 Å². The summed E-state index contributed by atoms with van der Waals surface area (Å²) in [5.41, 5.74) is 0.111. The monoisotopic (exact) mass is 299 g/mol. The van der Waals surface area contributed by atoms with Crippen molar-refractivity contribution in [3.05, 3.63) is 35.4 Å². The van der Waals surface area contributed by atoms with Crippen LogP contribution in [0, 0.1) is 11.3 Å². The summed E-state index contributed by atoms with van der Waals surface area (Å²) in [5, 5.41) is 3.14. The second-order valence-electron chi connectivity index (χ2n) is 6.92. The highest BCUT2D eigenvalue weighted by atomic mass is 19.4. The van der Waals surface area contributed by atoms with Gasteiger partial charge in [-0.2, -0.15) is 13.2 Å². The standard InChI is InChI=1S/C17H24F3N/c1-16(2)9-8-12(11-21-3)14(10-16)13-6-4-5-7-15(13)17(18,19)20/h4-7,12,14,21H,8-11H2,1-3H3. The fourth-order valence-corrected chi connectivity index (χ4v) is 3.59. The van der Waals surface area contributed by atoms with E-state index in [9.17, 15) is 13.2 Å². The Bertz CT molecular complexity index is 479. The zero-order chi connectivity index (χ0) is 15.7. The number of benzene rings is 1. The molecule has 0 amide bonds. The molecule has 0 heterocycles. The Kier molecular flexibility index (Phi) is 4.66. The van der Waals surface area contributed by atoms with Crippen molar-refractivity contribution < 1.29 is 13.2 Å². The van der Waals surface area contributed by atoms with Crippen LogP contribution in [-0.2, 0) is 6.18 Å². The molecular weight excluding hydrogens is 275 g/mol. The SMILES string of the molecule is CNCC1CCC(C)(C)CC1c1ccccc1C(F)(F)F. The Morgan fingerprint density at radius 1 is 1.24 bits per heavy atom. The number of hydrogen-bond acceptors (Lipinski definition) is 1. The van der Waals surface area contributed by atoms with E-state index >= 15 is 0 Å². The third kappa shape index (κ3) is 3.79. The lowest BCUT2D eigenvalue weighted by atomic mass is 9.64. The summed E-state index contributed by atoms with van der Waals surface area (Å²) in [6.07, 6.45) is -1.41. The van der Waals surface area contributed by atoms with Gasteiger partial charge in [0.2, 0.25) is 0 Å². The highest BCUT2D eigenvalue weighted by Crippen LogP contribution is 2.49. The molecule has 0 saturated heterocycles. The molecule has 118 valence electrons. The minimum atomic E-state index is -4.28. The molecule has 0 radical (unpaired) electrons. The number of hydrogen-bond donors (Lipinski definition) is 1. The lowest BCUT2D eigenvalue weighted by Crippen LogP contribution is -2.34. The maximum Gasteiger partial charge on any atom is 0.416 e. The zero-order valence-corrected chi connectivity index (χ0v) is 12.9. The van der Waals surface area contributed by atoms with Crippen molar-refractivity contribution in [3.63, 3.8) is 0 Å². The average Bonchev–Trinajstić information content (AvgIpc) is 2.40. The second kappa shape index (κ2) is 5.99. The molecular formula is C17H24F3N. The van der Waals surface area contributed by atoms with Crippen LogP contribution in [0.5, 0.6) is 0 Å². The van der Waals surface area contributed by atoms with Gasteiger partial charge in [0.15, 0.2) is 0 Å². The molecule has 0 spiro atoms. The molecule has 1 aromatic rings. The van der Waals surface area contributed by atoms with Gasteiger partial charge < -0.3 is 5.32 Å². The van der Waals surface area contributed by atoms with Crippen molar-refractivity contribution in [1.82, 2.24) is 5.32 Å². The Labute approximate surface area is 124 Å². The van der Waals surface area contributed by atoms with Gasteiger partial charge in [-0.15, -0.1) is 0 Å². The quantitative estimate of drug-likeness (QED) is 0.842. The predicted octanol–water partition coefficient (Wildman–Crippen LogP) is 4.83. The third-order valence-electron chi connectivity index (χ3n) is 4.67. The largest absolute Gasteiger partial charge is 0.416 e. The van der Waals surface area contributed by atoms with Crippen molar-refractivity contribution in [2.45, 2.75) is 45.2 Å². The Morgan fingerprint density at radius 3 is 2.52 bits per heavy atom. The molecule has 1 aliphatic rings. The summed E-state index contributed by atoms with van der Waals surface area (Å²) < 4.78 is 39.9. The molecule has 4 heteroatoms. The van der Waals surface area contributed by atoms with Crippen LogP contribution < -0.4 is 5.32 Å². The summed E-state index contributed by atoms with van der Waals surface area (Å²) in [7, 11) is 1.87. The fourth-order valence-electron chi connectivity index (χ4n) is 3.59. The van der Waals surface area contributed by atoms with Crippen LogP contribution in [0.3, 0.4) is 0 Å². The van der Waals surface area contributed by atoms with Gasteiger partial charge >= 0.3 is 6.18 Å². The summed E-state index contributed by atoms with van der Waals surface area (Å²) in [6.45, 7) is 5.09. The Morgan fingerprint density at radius 2 is 1.90 bits per heavy atom. The first-order chi connectivity index (χ1) is 9.74. The second-order valence-corrected chi connectivity index (χ2v) is 6.92. The number of alkyl halides is 3. The summed E-state index contributed by atoms with van der Waals surface area (Å²) >= 11 is 0. The van der Waals surface area contributed by atoms with Crippen molar-refractivity contribution in [2.75, 3.05) is 13.6 Å². The molecule has 21 heavy (non-hydrogen) atoms. The minimum Gasteiger partial charge on any atom is -0.319 e. The molecule has 2 rings (SSSR count). The van der Waals surface area contributed by atoms with Crippen molar-refractivity contribution in [2.24, 2.45) is 11.3 Å². The van der Waals surface area contributed by atoms with Crippen LogP contribution in [0.2, 0.25) is 0 Å². The topological polar surface area (TPSA) is 12.0 Å². The first-order valence-electron chi connectivity index (χ1n) is 7.55. The van der Waals surface area contributed by atoms with Crippen molar-refractivity contribution in [1.29, 1.82) is 0 Å². The normalized spacial score (nSPS) is 25.8. The van der Waals surface area contributed by atoms with Gasteiger partial charge in [0.1, 0.15) is 0 Å². The summed E-state index contributed by atoms with van der Waals surface area (Å²) in [4.78, 5) is 0. The van der Waals surface area contributed by atoms with Gasteiger partial charge in [-0.05, 0) is 61.7 Å². The van der Waals surface area contributed by atoms with Gasteiger partial charge in [-0.25, -0.2) is 0 Å². The smallest absolute Gasteiger partial charge is 0.319 e. The van der Waals surface area contributed by atoms with Gasteiger partial charge in [0.25, 0.3) is 0 Å². The van der Waals surface area contributed by atoms with Crippen molar-refractivity contribution >= 4 is 0 Å². The van der Waals surface area contributed by atoms with E-state index < -0.39 is 11.7 Å².